The number of alkyl halides is 2. The lowest BCUT2D eigenvalue weighted by Crippen LogP contribution is -2.44. The maximum atomic E-state index is 11.7. The Hall–Kier alpha value is 0.0300. The quantitative estimate of drug-likeness (QED) is 0.737. The third kappa shape index (κ3) is 7.00. The fourth-order valence-corrected chi connectivity index (χ4v) is 1.66. The van der Waals surface area contributed by atoms with Gasteiger partial charge in [-0.2, -0.15) is 0 Å². The van der Waals surface area contributed by atoms with Gasteiger partial charge in [-0.15, -0.1) is 12.4 Å². The van der Waals surface area contributed by atoms with E-state index >= 15 is 0 Å². The van der Waals surface area contributed by atoms with Gasteiger partial charge in [-0.1, -0.05) is 0 Å². The van der Waals surface area contributed by atoms with Crippen LogP contribution in [0.1, 0.15) is 12.8 Å². The second-order valence-corrected chi connectivity index (χ2v) is 3.67. The zero-order valence-electron chi connectivity index (χ0n) is 8.70. The van der Waals surface area contributed by atoms with E-state index in [1.165, 1.54) is 0 Å². The van der Waals surface area contributed by atoms with Crippen LogP contribution in [0.25, 0.3) is 0 Å². The summed E-state index contributed by atoms with van der Waals surface area (Å²) in [5.74, 6) is 0. The molecule has 0 bridgehead atoms. The van der Waals surface area contributed by atoms with Crippen molar-refractivity contribution in [2.24, 2.45) is 5.73 Å². The lowest BCUT2D eigenvalue weighted by atomic mass is 10.1. The van der Waals surface area contributed by atoms with Crippen LogP contribution in [0.3, 0.4) is 0 Å². The molecule has 1 aliphatic heterocycles. The van der Waals surface area contributed by atoms with Crippen LogP contribution in [-0.4, -0.2) is 50.2 Å². The maximum Gasteiger partial charge on any atom is 0.261 e. The van der Waals surface area contributed by atoms with Crippen molar-refractivity contribution in [1.29, 1.82) is 0 Å². The number of hydrogen-bond acceptors (Lipinski definition) is 3. The zero-order chi connectivity index (χ0) is 10.4. The molecule has 1 fully saturated rings. The molecule has 0 aromatic carbocycles. The minimum absolute atomic E-state index is 0. The number of nitrogens with two attached hydrogens (primary N) is 1. The summed E-state index contributed by atoms with van der Waals surface area (Å²) in [7, 11) is 0. The summed E-state index contributed by atoms with van der Waals surface area (Å²) in [6.07, 6.45) is -0.205. The standard InChI is InChI=1S/C9H18F2N2O.ClH/c10-9(11)7-14-5-4-13-3-1-2-8(12)6-13;/h8-9H,1-7,12H2;1H/t8-;/m1./s1. The second-order valence-electron chi connectivity index (χ2n) is 3.67. The first-order chi connectivity index (χ1) is 6.68. The SMILES string of the molecule is Cl.N[C@@H]1CCCN(CCOCC(F)F)C1. The van der Waals surface area contributed by atoms with Gasteiger partial charge in [0.25, 0.3) is 6.43 Å². The summed E-state index contributed by atoms with van der Waals surface area (Å²) in [5.41, 5.74) is 5.78. The molecule has 15 heavy (non-hydrogen) atoms. The molecular formula is C9H19ClF2N2O. The third-order valence-corrected chi connectivity index (χ3v) is 2.34. The first-order valence-corrected chi connectivity index (χ1v) is 5.02. The first kappa shape index (κ1) is 15.0. The van der Waals surface area contributed by atoms with E-state index in [0.29, 0.717) is 13.2 Å². The van der Waals surface area contributed by atoms with Crippen molar-refractivity contribution in [3.8, 4) is 0 Å². The molecule has 92 valence electrons. The van der Waals surface area contributed by atoms with Crippen LogP contribution in [0.5, 0.6) is 0 Å². The highest BCUT2D eigenvalue weighted by molar-refractivity contribution is 5.85. The monoisotopic (exact) mass is 244 g/mol. The molecule has 1 heterocycles. The van der Waals surface area contributed by atoms with Crippen molar-refractivity contribution in [2.75, 3.05) is 32.8 Å². The molecular weight excluding hydrogens is 226 g/mol. The highest BCUT2D eigenvalue weighted by Gasteiger charge is 2.15. The van der Waals surface area contributed by atoms with Crippen LogP contribution >= 0.6 is 12.4 Å². The lowest BCUT2D eigenvalue weighted by Gasteiger charge is -2.30. The van der Waals surface area contributed by atoms with E-state index in [-0.39, 0.29) is 18.4 Å². The van der Waals surface area contributed by atoms with Crippen molar-refractivity contribution < 1.29 is 13.5 Å². The first-order valence-electron chi connectivity index (χ1n) is 5.02. The molecule has 1 rings (SSSR count). The largest absolute Gasteiger partial charge is 0.374 e. The molecule has 0 unspecified atom stereocenters. The Bertz CT molecular complexity index is 163. The van der Waals surface area contributed by atoms with Crippen molar-refractivity contribution in [1.82, 2.24) is 4.90 Å². The van der Waals surface area contributed by atoms with Gasteiger partial charge in [-0.05, 0) is 19.4 Å². The van der Waals surface area contributed by atoms with E-state index in [0.717, 1.165) is 25.9 Å². The van der Waals surface area contributed by atoms with Gasteiger partial charge in [0.1, 0.15) is 6.61 Å². The number of rotatable bonds is 5. The lowest BCUT2D eigenvalue weighted by molar-refractivity contribution is 0.00773. The van der Waals surface area contributed by atoms with Crippen LogP contribution in [-0.2, 0) is 4.74 Å². The van der Waals surface area contributed by atoms with E-state index in [1.807, 2.05) is 0 Å². The van der Waals surface area contributed by atoms with Gasteiger partial charge >= 0.3 is 0 Å². The molecule has 0 aliphatic carbocycles. The predicted molar refractivity (Wildman–Crippen MR) is 57.7 cm³/mol. The van der Waals surface area contributed by atoms with E-state index in [9.17, 15) is 8.78 Å². The Morgan fingerprint density at radius 2 is 2.20 bits per heavy atom. The minimum atomic E-state index is -2.36. The summed E-state index contributed by atoms with van der Waals surface area (Å²) >= 11 is 0. The Morgan fingerprint density at radius 1 is 1.47 bits per heavy atom. The van der Waals surface area contributed by atoms with Crippen molar-refractivity contribution in [2.45, 2.75) is 25.3 Å². The Labute approximate surface area is 95.4 Å². The Kier molecular flexibility index (Phi) is 8.23. The van der Waals surface area contributed by atoms with Gasteiger partial charge in [0.2, 0.25) is 0 Å². The predicted octanol–water partition coefficient (Wildman–Crippen LogP) is 1.11. The summed E-state index contributed by atoms with van der Waals surface area (Å²) < 4.78 is 28.2. The third-order valence-electron chi connectivity index (χ3n) is 2.34. The van der Waals surface area contributed by atoms with Crippen LogP contribution in [0.2, 0.25) is 0 Å². The molecule has 0 spiro atoms. The van der Waals surface area contributed by atoms with Crippen LogP contribution < -0.4 is 5.73 Å². The molecule has 1 aliphatic rings. The van der Waals surface area contributed by atoms with E-state index in [2.05, 4.69) is 4.90 Å². The highest BCUT2D eigenvalue weighted by atomic mass is 35.5. The zero-order valence-corrected chi connectivity index (χ0v) is 9.52. The van der Waals surface area contributed by atoms with E-state index < -0.39 is 13.0 Å². The van der Waals surface area contributed by atoms with Crippen molar-refractivity contribution in [3.63, 3.8) is 0 Å². The van der Waals surface area contributed by atoms with Crippen LogP contribution in [0, 0.1) is 0 Å². The molecule has 0 radical (unpaired) electrons. The average molecular weight is 245 g/mol. The van der Waals surface area contributed by atoms with Gasteiger partial charge < -0.3 is 10.5 Å². The van der Waals surface area contributed by atoms with Gasteiger partial charge in [-0.3, -0.25) is 4.90 Å². The van der Waals surface area contributed by atoms with Gasteiger partial charge in [0.05, 0.1) is 6.61 Å². The second kappa shape index (κ2) is 8.21. The van der Waals surface area contributed by atoms with E-state index in [4.69, 9.17) is 10.5 Å². The Balaban J connectivity index is 0.00000196. The minimum Gasteiger partial charge on any atom is -0.374 e. The number of hydrogen-bond donors (Lipinski definition) is 1. The molecule has 0 aromatic heterocycles. The molecule has 0 saturated carbocycles. The number of halogens is 3. The number of likely N-dealkylation sites (tertiary alicyclic amines) is 1. The summed E-state index contributed by atoms with van der Waals surface area (Å²) in [5, 5.41) is 0. The van der Waals surface area contributed by atoms with Crippen LogP contribution in [0.4, 0.5) is 8.78 Å². The van der Waals surface area contributed by atoms with Crippen LogP contribution in [0.15, 0.2) is 0 Å². The van der Waals surface area contributed by atoms with E-state index in [1.54, 1.807) is 0 Å². The normalized spacial score (nSPS) is 22.8. The molecule has 1 saturated heterocycles. The number of nitrogens with zero attached hydrogens (tertiary/aromatic N) is 1. The average Bonchev–Trinajstić information content (AvgIpc) is 2.12. The molecule has 0 aromatic rings. The highest BCUT2D eigenvalue weighted by Crippen LogP contribution is 2.07. The van der Waals surface area contributed by atoms with Gasteiger partial charge in [0, 0.05) is 19.1 Å². The summed E-state index contributed by atoms with van der Waals surface area (Å²) in [4.78, 5) is 2.17. The Morgan fingerprint density at radius 3 is 2.80 bits per heavy atom. The van der Waals surface area contributed by atoms with Gasteiger partial charge in [0.15, 0.2) is 0 Å². The summed E-state index contributed by atoms with van der Waals surface area (Å²) in [6, 6.07) is 0.235. The fraction of sp³-hybridized carbons (Fsp3) is 1.00. The summed E-state index contributed by atoms with van der Waals surface area (Å²) in [6.45, 7) is 2.49. The fourth-order valence-electron chi connectivity index (χ4n) is 1.66. The molecule has 3 nitrogen and oxygen atoms in total. The number of ether oxygens (including phenoxy) is 1. The topological polar surface area (TPSA) is 38.5 Å². The molecule has 2 N–H and O–H groups in total. The van der Waals surface area contributed by atoms with Crippen molar-refractivity contribution in [3.05, 3.63) is 0 Å². The van der Waals surface area contributed by atoms with Crippen molar-refractivity contribution >= 4 is 12.4 Å². The van der Waals surface area contributed by atoms with Gasteiger partial charge in [-0.25, -0.2) is 8.78 Å². The molecule has 6 heteroatoms. The smallest absolute Gasteiger partial charge is 0.261 e. The molecule has 1 atom stereocenters. The molecule has 0 amide bonds. The number of piperidine rings is 1. The maximum absolute atomic E-state index is 11.7.